The van der Waals surface area contributed by atoms with Crippen molar-refractivity contribution in [2.75, 3.05) is 6.54 Å². The number of ether oxygens (including phenoxy) is 1. The maximum atomic E-state index is 13.2. The summed E-state index contributed by atoms with van der Waals surface area (Å²) in [4.78, 5) is 12.2. The maximum Gasteiger partial charge on any atom is 0.407 e. The molecule has 2 aromatic carbocycles. The van der Waals surface area contributed by atoms with Crippen LogP contribution in [0.15, 0.2) is 48.5 Å². The van der Waals surface area contributed by atoms with Crippen LogP contribution in [0.2, 0.25) is 0 Å². The summed E-state index contributed by atoms with van der Waals surface area (Å²) in [6, 6.07) is 14.4. The zero-order valence-corrected chi connectivity index (χ0v) is 15.6. The summed E-state index contributed by atoms with van der Waals surface area (Å²) in [6.45, 7) is 0.548. The third kappa shape index (κ3) is 4.69. The SMILES string of the molecule is O=C(NCc1cccc(F)c1)O[C@@H]1[C@@H](O)CN[C@@H]1Cc1ccc(C2CC2)cc1. The molecular formula is C22H25FN2O3. The molecule has 0 aromatic heterocycles. The van der Waals surface area contributed by atoms with Gasteiger partial charge in [0.05, 0.1) is 6.04 Å². The Hall–Kier alpha value is -2.44. The molecule has 2 aliphatic rings. The number of alkyl carbamates (subject to hydrolysis) is 1. The average Bonchev–Trinajstić information content (AvgIpc) is 3.48. The third-order valence-electron chi connectivity index (χ3n) is 5.42. The molecule has 28 heavy (non-hydrogen) atoms. The van der Waals surface area contributed by atoms with Crippen LogP contribution in [0.1, 0.15) is 35.4 Å². The Kier molecular flexibility index (Phi) is 5.59. The molecule has 1 aliphatic heterocycles. The zero-order chi connectivity index (χ0) is 19.5. The van der Waals surface area contributed by atoms with Crippen molar-refractivity contribution >= 4 is 6.09 Å². The molecular weight excluding hydrogens is 359 g/mol. The van der Waals surface area contributed by atoms with E-state index in [1.165, 1.54) is 30.5 Å². The number of benzene rings is 2. The second-order valence-electron chi connectivity index (χ2n) is 7.66. The second-order valence-corrected chi connectivity index (χ2v) is 7.66. The van der Waals surface area contributed by atoms with Gasteiger partial charge >= 0.3 is 6.09 Å². The third-order valence-corrected chi connectivity index (χ3v) is 5.42. The lowest BCUT2D eigenvalue weighted by Gasteiger charge is -2.22. The van der Waals surface area contributed by atoms with Crippen molar-refractivity contribution < 1.29 is 19.0 Å². The number of amides is 1. The van der Waals surface area contributed by atoms with Crippen LogP contribution in [0.25, 0.3) is 0 Å². The summed E-state index contributed by atoms with van der Waals surface area (Å²) in [5, 5.41) is 16.1. The van der Waals surface area contributed by atoms with Crippen molar-refractivity contribution in [1.82, 2.24) is 10.6 Å². The number of carbonyl (C=O) groups excluding carboxylic acids is 1. The summed E-state index contributed by atoms with van der Waals surface area (Å²) in [5.74, 6) is 0.370. The average molecular weight is 384 g/mol. The zero-order valence-electron chi connectivity index (χ0n) is 15.6. The van der Waals surface area contributed by atoms with Gasteiger partial charge in [0, 0.05) is 13.1 Å². The number of carbonyl (C=O) groups is 1. The fourth-order valence-corrected chi connectivity index (χ4v) is 3.70. The highest BCUT2D eigenvalue weighted by molar-refractivity contribution is 5.67. The Morgan fingerprint density at radius 3 is 2.68 bits per heavy atom. The van der Waals surface area contributed by atoms with E-state index >= 15 is 0 Å². The van der Waals surface area contributed by atoms with Crippen molar-refractivity contribution in [3.8, 4) is 0 Å². The summed E-state index contributed by atoms with van der Waals surface area (Å²) in [5.41, 5.74) is 3.17. The van der Waals surface area contributed by atoms with Gasteiger partial charge in [0.25, 0.3) is 0 Å². The number of hydrogen-bond donors (Lipinski definition) is 3. The summed E-state index contributed by atoms with van der Waals surface area (Å²) < 4.78 is 18.7. The van der Waals surface area contributed by atoms with Gasteiger partial charge in [-0.15, -0.1) is 0 Å². The van der Waals surface area contributed by atoms with Crippen LogP contribution < -0.4 is 10.6 Å². The number of β-amino-alcohol motifs (C(OH)–C–C–N with tert-alkyl or cyclic N) is 1. The first-order valence-corrected chi connectivity index (χ1v) is 9.78. The molecule has 0 bridgehead atoms. The quantitative estimate of drug-likeness (QED) is 0.716. The lowest BCUT2D eigenvalue weighted by Crippen LogP contribution is -2.41. The number of aliphatic hydroxyl groups is 1. The van der Waals surface area contributed by atoms with Gasteiger partial charge in [-0.05, 0) is 54.0 Å². The number of hydrogen-bond acceptors (Lipinski definition) is 4. The number of rotatable bonds is 6. The Labute approximate surface area is 163 Å². The number of aliphatic hydroxyl groups excluding tert-OH is 1. The van der Waals surface area contributed by atoms with Gasteiger partial charge in [0.2, 0.25) is 0 Å². The minimum absolute atomic E-state index is 0.151. The van der Waals surface area contributed by atoms with Crippen LogP contribution in [0, 0.1) is 5.82 Å². The summed E-state index contributed by atoms with van der Waals surface area (Å²) in [6.07, 6.45) is 1.22. The first kappa shape index (κ1) is 18.9. The topological polar surface area (TPSA) is 70.6 Å². The number of nitrogens with one attached hydrogen (secondary N) is 2. The van der Waals surface area contributed by atoms with E-state index in [1.807, 2.05) is 0 Å². The molecule has 3 N–H and O–H groups in total. The largest absolute Gasteiger partial charge is 0.442 e. The monoisotopic (exact) mass is 384 g/mol. The molecule has 0 unspecified atom stereocenters. The van der Waals surface area contributed by atoms with Crippen molar-refractivity contribution in [1.29, 1.82) is 0 Å². The molecule has 4 rings (SSSR count). The van der Waals surface area contributed by atoms with Crippen molar-refractivity contribution in [3.05, 3.63) is 71.0 Å². The van der Waals surface area contributed by atoms with E-state index in [1.54, 1.807) is 12.1 Å². The van der Waals surface area contributed by atoms with Gasteiger partial charge in [0.15, 0.2) is 0 Å². The minimum atomic E-state index is -0.754. The van der Waals surface area contributed by atoms with Gasteiger partial charge in [-0.3, -0.25) is 0 Å². The Bertz CT molecular complexity index is 823. The molecule has 1 aliphatic carbocycles. The molecule has 5 nitrogen and oxygen atoms in total. The lowest BCUT2D eigenvalue weighted by molar-refractivity contribution is 0.0188. The van der Waals surface area contributed by atoms with Crippen molar-refractivity contribution in [2.45, 2.75) is 50.0 Å². The second kappa shape index (κ2) is 8.29. The lowest BCUT2D eigenvalue weighted by atomic mass is 9.99. The minimum Gasteiger partial charge on any atom is -0.442 e. The predicted molar refractivity (Wildman–Crippen MR) is 103 cm³/mol. The maximum absolute atomic E-state index is 13.2. The molecule has 0 spiro atoms. The smallest absolute Gasteiger partial charge is 0.407 e. The summed E-state index contributed by atoms with van der Waals surface area (Å²) in [7, 11) is 0. The van der Waals surface area contributed by atoms with Crippen LogP contribution in [0.4, 0.5) is 9.18 Å². The Morgan fingerprint density at radius 1 is 1.18 bits per heavy atom. The highest BCUT2D eigenvalue weighted by atomic mass is 19.1. The van der Waals surface area contributed by atoms with Gasteiger partial charge in [-0.25, -0.2) is 9.18 Å². The first-order chi connectivity index (χ1) is 13.6. The molecule has 3 atom stereocenters. The molecule has 0 radical (unpaired) electrons. The predicted octanol–water partition coefficient (Wildman–Crippen LogP) is 2.87. The van der Waals surface area contributed by atoms with Crippen molar-refractivity contribution in [2.24, 2.45) is 0 Å². The van der Waals surface area contributed by atoms with Crippen LogP contribution in [-0.2, 0) is 17.7 Å². The molecule has 1 amide bonds. The normalized spacial score (nSPS) is 24.1. The Morgan fingerprint density at radius 2 is 1.96 bits per heavy atom. The summed E-state index contributed by atoms with van der Waals surface area (Å²) >= 11 is 0. The van der Waals surface area contributed by atoms with E-state index in [0.29, 0.717) is 18.5 Å². The molecule has 1 saturated carbocycles. The van der Waals surface area contributed by atoms with Gasteiger partial charge < -0.3 is 20.5 Å². The van der Waals surface area contributed by atoms with E-state index in [2.05, 4.69) is 34.9 Å². The Balaban J connectivity index is 1.31. The van der Waals surface area contributed by atoms with Crippen LogP contribution in [0.3, 0.4) is 0 Å². The number of halogens is 1. The molecule has 1 heterocycles. The standard InChI is InChI=1S/C22H25FN2O3/c23-18-3-1-2-15(10-18)12-25-22(27)28-21-19(24-13-20(21)26)11-14-4-6-16(7-5-14)17-8-9-17/h1-7,10,17,19-21,24,26H,8-9,11-13H2,(H,25,27)/t19-,20+,21+/m1/s1. The highest BCUT2D eigenvalue weighted by Crippen LogP contribution is 2.40. The molecule has 6 heteroatoms. The van der Waals surface area contributed by atoms with E-state index in [0.717, 1.165) is 11.5 Å². The van der Waals surface area contributed by atoms with E-state index in [4.69, 9.17) is 4.74 Å². The first-order valence-electron chi connectivity index (χ1n) is 9.78. The van der Waals surface area contributed by atoms with Gasteiger partial charge in [-0.2, -0.15) is 0 Å². The van der Waals surface area contributed by atoms with Crippen LogP contribution in [0.5, 0.6) is 0 Å². The molecule has 2 fully saturated rings. The van der Waals surface area contributed by atoms with Crippen LogP contribution in [-0.4, -0.2) is 36.0 Å². The molecule has 2 aromatic rings. The van der Waals surface area contributed by atoms with Crippen molar-refractivity contribution in [3.63, 3.8) is 0 Å². The van der Waals surface area contributed by atoms with Crippen LogP contribution >= 0.6 is 0 Å². The van der Waals surface area contributed by atoms with Gasteiger partial charge in [-0.1, -0.05) is 36.4 Å². The van der Waals surface area contributed by atoms with E-state index in [9.17, 15) is 14.3 Å². The molecule has 148 valence electrons. The van der Waals surface area contributed by atoms with E-state index in [-0.39, 0.29) is 18.4 Å². The molecule has 1 saturated heterocycles. The highest BCUT2D eigenvalue weighted by Gasteiger charge is 2.37. The van der Waals surface area contributed by atoms with E-state index < -0.39 is 18.3 Å². The fraction of sp³-hybridized carbons (Fsp3) is 0.409. The van der Waals surface area contributed by atoms with Gasteiger partial charge in [0.1, 0.15) is 18.0 Å². The fourth-order valence-electron chi connectivity index (χ4n) is 3.70.